The minimum absolute atomic E-state index is 0.101. The van der Waals surface area contributed by atoms with E-state index < -0.39 is 10.0 Å². The van der Waals surface area contributed by atoms with Gasteiger partial charge < -0.3 is 9.64 Å². The molecule has 14 heteroatoms. The highest BCUT2D eigenvalue weighted by Crippen LogP contribution is 2.43. The Bertz CT molecular complexity index is 1870. The van der Waals surface area contributed by atoms with Crippen molar-refractivity contribution in [3.63, 3.8) is 0 Å². The van der Waals surface area contributed by atoms with Gasteiger partial charge in [0.25, 0.3) is 0 Å². The lowest BCUT2D eigenvalue weighted by atomic mass is 9.65. The maximum absolute atomic E-state index is 12.4. The van der Waals surface area contributed by atoms with Gasteiger partial charge in [0.15, 0.2) is 11.6 Å². The van der Waals surface area contributed by atoms with E-state index in [2.05, 4.69) is 64.7 Å². The van der Waals surface area contributed by atoms with E-state index in [4.69, 9.17) is 14.7 Å². The number of nitrogens with zero attached hydrogens (tertiary/aromatic N) is 7. The molecule has 0 atom stereocenters. The molecule has 12 nitrogen and oxygen atoms in total. The highest BCUT2D eigenvalue weighted by molar-refractivity contribution is 7.88. The second-order valence-electron chi connectivity index (χ2n) is 14.4. The molecule has 0 aliphatic carbocycles. The summed E-state index contributed by atoms with van der Waals surface area (Å²) in [5.74, 6) is 1.50. The molecule has 0 amide bonds. The topological polar surface area (TPSA) is 128 Å². The quantitative estimate of drug-likeness (QED) is 0.225. The molecule has 2 fully saturated rings. The second-order valence-corrected chi connectivity index (χ2v) is 17.5. The van der Waals surface area contributed by atoms with Crippen LogP contribution in [0.3, 0.4) is 0 Å². The normalized spacial score (nSPS) is 17.8. The zero-order chi connectivity index (χ0) is 34.3. The van der Waals surface area contributed by atoms with E-state index in [9.17, 15) is 13.2 Å². The fourth-order valence-corrected chi connectivity index (χ4v) is 8.66. The van der Waals surface area contributed by atoms with Gasteiger partial charge in [0.1, 0.15) is 0 Å². The fourth-order valence-electron chi connectivity index (χ4n) is 6.68. The number of ether oxygens (including phenoxy) is 1. The van der Waals surface area contributed by atoms with Crippen LogP contribution in [0.5, 0.6) is 0 Å². The average molecular weight is 697 g/mol. The van der Waals surface area contributed by atoms with Crippen LogP contribution in [0.1, 0.15) is 45.9 Å². The monoisotopic (exact) mass is 696 g/mol. The highest BCUT2D eigenvalue weighted by atomic mass is 32.2. The molecule has 2 aliphatic rings. The average Bonchev–Trinajstić information content (AvgIpc) is 3.67. The number of hydrogen-bond donors (Lipinski definition) is 1. The molecule has 5 heterocycles. The van der Waals surface area contributed by atoms with Crippen molar-refractivity contribution in [1.82, 2.24) is 34.3 Å². The van der Waals surface area contributed by atoms with Gasteiger partial charge in [-0.15, -0.1) is 11.3 Å². The molecule has 1 aromatic carbocycles. The Morgan fingerprint density at radius 1 is 0.979 bits per heavy atom. The number of thiophene rings is 1. The molecule has 6 rings (SSSR count). The van der Waals surface area contributed by atoms with E-state index in [0.29, 0.717) is 45.0 Å². The van der Waals surface area contributed by atoms with Gasteiger partial charge in [-0.2, -0.15) is 9.40 Å². The Balaban J connectivity index is 1.24. The lowest BCUT2D eigenvalue weighted by Gasteiger charge is -2.46. The van der Waals surface area contributed by atoms with Crippen LogP contribution in [0.25, 0.3) is 32.5 Å². The maximum Gasteiger partial charge on any atom is 0.306 e. The smallest absolute Gasteiger partial charge is 0.306 e. The summed E-state index contributed by atoms with van der Waals surface area (Å²) in [6.07, 6.45) is 3.51. The number of fused-ring (bicyclic) bond motifs is 2. The first-order valence-electron chi connectivity index (χ1n) is 16.8. The number of aromatic amines is 1. The van der Waals surface area contributed by atoms with Crippen LogP contribution in [0, 0.1) is 10.8 Å². The predicted molar refractivity (Wildman–Crippen MR) is 192 cm³/mol. The number of sulfonamides is 1. The summed E-state index contributed by atoms with van der Waals surface area (Å²) in [6, 6.07) is 8.24. The summed E-state index contributed by atoms with van der Waals surface area (Å²) >= 11 is 1.73. The molecule has 260 valence electrons. The van der Waals surface area contributed by atoms with E-state index in [1.165, 1.54) is 11.1 Å². The van der Waals surface area contributed by atoms with Gasteiger partial charge in [0.2, 0.25) is 10.0 Å². The van der Waals surface area contributed by atoms with Crippen molar-refractivity contribution in [1.29, 1.82) is 0 Å². The van der Waals surface area contributed by atoms with Crippen LogP contribution in [0.15, 0.2) is 30.5 Å². The van der Waals surface area contributed by atoms with Crippen LogP contribution in [0.4, 0.5) is 5.82 Å². The number of hydrogen-bond acceptors (Lipinski definition) is 11. The van der Waals surface area contributed by atoms with Gasteiger partial charge in [-0.1, -0.05) is 39.8 Å². The molecule has 48 heavy (non-hydrogen) atoms. The molecule has 0 spiro atoms. The van der Waals surface area contributed by atoms with Crippen LogP contribution in [-0.2, 0) is 26.1 Å². The van der Waals surface area contributed by atoms with Crippen LogP contribution < -0.4 is 4.90 Å². The standard InChI is InChI=1S/C34H48N8O4S2/c1-7-46-29(43)20-33(2,3)34(4,5)23-40-11-15-41(16-12-40)32-30-28(36-31(37-32)25-9-8-10-27-26(25)21-35-38-27)19-24(47-30)22-39-13-17-42(18-14-39)48(6,44)45/h8-10,19,21H,7,11-18,20,22-23H2,1-6H3,(H,35,38). The Hall–Kier alpha value is -3.17. The summed E-state index contributed by atoms with van der Waals surface area (Å²) in [4.78, 5) is 31.1. The van der Waals surface area contributed by atoms with Crippen LogP contribution in [0.2, 0.25) is 0 Å². The number of piperazine rings is 2. The Morgan fingerprint density at radius 2 is 1.69 bits per heavy atom. The SMILES string of the molecule is CCOC(=O)CC(C)(C)C(C)(C)CN1CCN(c2nc(-c3cccc4[nH]ncc34)nc3cc(CN4CCN(S(C)(=O)=O)CC4)sc23)CC1. The van der Waals surface area contributed by atoms with Gasteiger partial charge in [0, 0.05) is 81.3 Å². The van der Waals surface area contributed by atoms with E-state index >= 15 is 0 Å². The molecule has 0 bridgehead atoms. The van der Waals surface area contributed by atoms with Crippen LogP contribution in [-0.4, -0.2) is 120 Å². The molecule has 2 aliphatic heterocycles. The molecule has 1 N–H and O–H groups in total. The van der Waals surface area contributed by atoms with Gasteiger partial charge in [-0.05, 0) is 29.9 Å². The number of anilines is 1. The number of H-pyrrole nitrogens is 1. The summed E-state index contributed by atoms with van der Waals surface area (Å²) in [5.41, 5.74) is 2.49. The largest absolute Gasteiger partial charge is 0.466 e. The first-order chi connectivity index (χ1) is 22.7. The van der Waals surface area contributed by atoms with Gasteiger partial charge in [-0.3, -0.25) is 19.7 Å². The number of benzene rings is 1. The molecular weight excluding hydrogens is 649 g/mol. The van der Waals surface area contributed by atoms with Crippen molar-refractivity contribution >= 4 is 54.3 Å². The summed E-state index contributed by atoms with van der Waals surface area (Å²) < 4.78 is 32.0. The third-order valence-corrected chi connectivity index (χ3v) is 12.7. The molecule has 4 aromatic rings. The molecular formula is C34H48N8O4S2. The van der Waals surface area contributed by atoms with Gasteiger partial charge >= 0.3 is 5.97 Å². The first kappa shape index (κ1) is 34.7. The van der Waals surface area contributed by atoms with Crippen molar-refractivity contribution in [2.24, 2.45) is 10.8 Å². The van der Waals surface area contributed by atoms with E-state index in [1.54, 1.807) is 15.6 Å². The summed E-state index contributed by atoms with van der Waals surface area (Å²) in [7, 11) is -3.18. The third-order valence-electron chi connectivity index (χ3n) is 10.3. The molecule has 0 unspecified atom stereocenters. The number of nitrogens with one attached hydrogen (secondary N) is 1. The fraction of sp³-hybridized carbons (Fsp3) is 0.588. The lowest BCUT2D eigenvalue weighted by Crippen LogP contribution is -2.52. The highest BCUT2D eigenvalue weighted by Gasteiger charge is 2.40. The Labute approximate surface area is 287 Å². The minimum Gasteiger partial charge on any atom is -0.466 e. The summed E-state index contributed by atoms with van der Waals surface area (Å²) in [5, 5.41) is 8.32. The van der Waals surface area contributed by atoms with Crippen molar-refractivity contribution in [3.05, 3.63) is 35.3 Å². The van der Waals surface area contributed by atoms with Crippen LogP contribution >= 0.6 is 11.3 Å². The van der Waals surface area contributed by atoms with Gasteiger partial charge in [0.05, 0.1) is 41.2 Å². The Morgan fingerprint density at radius 3 is 2.38 bits per heavy atom. The maximum atomic E-state index is 12.4. The number of carbonyl (C=O) groups excluding carboxylic acids is 1. The molecule has 0 radical (unpaired) electrons. The first-order valence-corrected chi connectivity index (χ1v) is 19.4. The summed E-state index contributed by atoms with van der Waals surface area (Å²) in [6.45, 7) is 18.6. The number of aromatic nitrogens is 4. The zero-order valence-corrected chi connectivity index (χ0v) is 30.6. The number of esters is 1. The predicted octanol–water partition coefficient (Wildman–Crippen LogP) is 4.44. The van der Waals surface area contributed by atoms with Crippen molar-refractivity contribution in [2.45, 2.75) is 47.6 Å². The van der Waals surface area contributed by atoms with Crippen molar-refractivity contribution in [3.8, 4) is 11.4 Å². The van der Waals surface area contributed by atoms with Crippen molar-refractivity contribution in [2.75, 3.05) is 76.7 Å². The number of carbonyl (C=O) groups is 1. The zero-order valence-electron chi connectivity index (χ0n) is 29.0. The van der Waals surface area contributed by atoms with Gasteiger partial charge in [-0.25, -0.2) is 18.4 Å². The van der Waals surface area contributed by atoms with E-state index in [1.807, 2.05) is 25.3 Å². The lowest BCUT2D eigenvalue weighted by molar-refractivity contribution is -0.147. The van der Waals surface area contributed by atoms with Crippen molar-refractivity contribution < 1.29 is 17.9 Å². The van der Waals surface area contributed by atoms with E-state index in [0.717, 1.165) is 71.8 Å². The Kier molecular flexibility index (Phi) is 9.84. The third kappa shape index (κ3) is 7.37. The minimum atomic E-state index is -3.18. The molecule has 3 aromatic heterocycles. The molecule has 2 saturated heterocycles. The number of rotatable bonds is 11. The molecule has 0 saturated carbocycles. The second kappa shape index (κ2) is 13.6. The van der Waals surface area contributed by atoms with E-state index in [-0.39, 0.29) is 16.8 Å².